The molecule has 1 aliphatic rings. The minimum Gasteiger partial charge on any atom is -0.348 e. The van der Waals surface area contributed by atoms with Gasteiger partial charge >= 0.3 is 0 Å². The summed E-state index contributed by atoms with van der Waals surface area (Å²) in [5, 5.41) is 3.01. The first kappa shape index (κ1) is 21.4. The van der Waals surface area contributed by atoms with E-state index in [4.69, 9.17) is 5.73 Å². The SMILES string of the molecule is CC1CCN(Cc2cccc(CNC(=O)c3ccc(CN)cc3)c2)CC1.Cl. The van der Waals surface area contributed by atoms with Crippen LogP contribution in [0.15, 0.2) is 48.5 Å². The minimum atomic E-state index is -0.0519. The molecule has 1 aliphatic heterocycles. The van der Waals surface area contributed by atoms with Gasteiger partial charge in [-0.2, -0.15) is 0 Å². The molecule has 1 amide bonds. The highest BCUT2D eigenvalue weighted by Crippen LogP contribution is 2.18. The monoisotopic (exact) mass is 387 g/mol. The fraction of sp³-hybridized carbons (Fsp3) is 0.409. The third kappa shape index (κ3) is 6.35. The van der Waals surface area contributed by atoms with Crippen LogP contribution in [0.1, 0.15) is 46.8 Å². The van der Waals surface area contributed by atoms with Gasteiger partial charge in [-0.1, -0.05) is 43.3 Å². The number of nitrogens with zero attached hydrogens (tertiary/aromatic N) is 1. The molecule has 0 aromatic heterocycles. The van der Waals surface area contributed by atoms with E-state index in [2.05, 4.69) is 41.4 Å². The van der Waals surface area contributed by atoms with Crippen molar-refractivity contribution < 1.29 is 4.79 Å². The van der Waals surface area contributed by atoms with E-state index in [1.165, 1.54) is 31.5 Å². The molecule has 0 aliphatic carbocycles. The topological polar surface area (TPSA) is 58.4 Å². The summed E-state index contributed by atoms with van der Waals surface area (Å²) >= 11 is 0. The van der Waals surface area contributed by atoms with Gasteiger partial charge in [0, 0.05) is 25.2 Å². The largest absolute Gasteiger partial charge is 0.348 e. The van der Waals surface area contributed by atoms with Crippen LogP contribution < -0.4 is 11.1 Å². The second-order valence-electron chi connectivity index (χ2n) is 7.36. The van der Waals surface area contributed by atoms with E-state index in [9.17, 15) is 4.79 Å². The summed E-state index contributed by atoms with van der Waals surface area (Å²) in [4.78, 5) is 14.8. The van der Waals surface area contributed by atoms with Crippen LogP contribution >= 0.6 is 12.4 Å². The minimum absolute atomic E-state index is 0. The molecule has 5 heteroatoms. The third-order valence-electron chi connectivity index (χ3n) is 5.18. The number of hydrogen-bond donors (Lipinski definition) is 2. The number of amides is 1. The quantitative estimate of drug-likeness (QED) is 0.793. The molecular weight excluding hydrogens is 358 g/mol. The number of carbonyl (C=O) groups excluding carboxylic acids is 1. The van der Waals surface area contributed by atoms with E-state index in [-0.39, 0.29) is 18.3 Å². The van der Waals surface area contributed by atoms with Crippen molar-refractivity contribution in [2.24, 2.45) is 11.7 Å². The molecule has 2 aromatic carbocycles. The van der Waals surface area contributed by atoms with Crippen molar-refractivity contribution in [3.05, 3.63) is 70.8 Å². The van der Waals surface area contributed by atoms with E-state index < -0.39 is 0 Å². The van der Waals surface area contributed by atoms with Crippen LogP contribution in [0.2, 0.25) is 0 Å². The zero-order valence-corrected chi connectivity index (χ0v) is 16.8. The van der Waals surface area contributed by atoms with Gasteiger partial charge in [0.05, 0.1) is 0 Å². The van der Waals surface area contributed by atoms with Crippen molar-refractivity contribution in [1.29, 1.82) is 0 Å². The Morgan fingerprint density at radius 1 is 1.07 bits per heavy atom. The van der Waals surface area contributed by atoms with Crippen molar-refractivity contribution in [1.82, 2.24) is 10.2 Å². The average molecular weight is 388 g/mol. The molecular formula is C22H30ClN3O. The molecule has 0 saturated carbocycles. The molecule has 0 atom stereocenters. The molecule has 1 fully saturated rings. The summed E-state index contributed by atoms with van der Waals surface area (Å²) in [7, 11) is 0. The molecule has 2 aromatic rings. The van der Waals surface area contributed by atoms with E-state index >= 15 is 0 Å². The zero-order valence-electron chi connectivity index (χ0n) is 16.0. The van der Waals surface area contributed by atoms with Gasteiger partial charge in [-0.15, -0.1) is 12.4 Å². The Labute approximate surface area is 168 Å². The number of rotatable bonds is 6. The zero-order chi connectivity index (χ0) is 18.4. The summed E-state index contributed by atoms with van der Waals surface area (Å²) in [6, 6.07) is 16.0. The van der Waals surface area contributed by atoms with Gasteiger partial charge in [0.15, 0.2) is 0 Å². The second-order valence-corrected chi connectivity index (χ2v) is 7.36. The first-order valence-electron chi connectivity index (χ1n) is 9.51. The van der Waals surface area contributed by atoms with Crippen LogP contribution in [0.5, 0.6) is 0 Å². The first-order valence-corrected chi connectivity index (χ1v) is 9.51. The first-order chi connectivity index (χ1) is 12.6. The van der Waals surface area contributed by atoms with Crippen LogP contribution in [0.25, 0.3) is 0 Å². The molecule has 0 unspecified atom stereocenters. The molecule has 4 nitrogen and oxygen atoms in total. The number of nitrogens with two attached hydrogens (primary N) is 1. The van der Waals surface area contributed by atoms with E-state index in [1.807, 2.05) is 24.3 Å². The maximum atomic E-state index is 12.3. The predicted molar refractivity (Wildman–Crippen MR) is 113 cm³/mol. The Morgan fingerprint density at radius 2 is 1.74 bits per heavy atom. The summed E-state index contributed by atoms with van der Waals surface area (Å²) in [6.07, 6.45) is 2.58. The number of benzene rings is 2. The smallest absolute Gasteiger partial charge is 0.251 e. The Bertz CT molecular complexity index is 725. The van der Waals surface area contributed by atoms with Gasteiger partial charge in [0.1, 0.15) is 0 Å². The van der Waals surface area contributed by atoms with Crippen LogP contribution in [-0.2, 0) is 19.6 Å². The van der Waals surface area contributed by atoms with Crippen LogP contribution in [0.3, 0.4) is 0 Å². The second kappa shape index (κ2) is 10.5. The van der Waals surface area contributed by atoms with Crippen LogP contribution in [-0.4, -0.2) is 23.9 Å². The third-order valence-corrected chi connectivity index (χ3v) is 5.18. The summed E-state index contributed by atoms with van der Waals surface area (Å²) < 4.78 is 0. The molecule has 0 radical (unpaired) electrons. The summed E-state index contributed by atoms with van der Waals surface area (Å²) in [5.41, 5.74) is 9.75. The van der Waals surface area contributed by atoms with Gasteiger partial charge in [-0.3, -0.25) is 9.69 Å². The molecule has 3 N–H and O–H groups in total. The highest BCUT2D eigenvalue weighted by Gasteiger charge is 2.15. The lowest BCUT2D eigenvalue weighted by atomic mass is 9.98. The lowest BCUT2D eigenvalue weighted by Crippen LogP contribution is -2.32. The Hall–Kier alpha value is -1.88. The van der Waals surface area contributed by atoms with Gasteiger partial charge in [0.25, 0.3) is 5.91 Å². The molecule has 146 valence electrons. The van der Waals surface area contributed by atoms with Gasteiger partial charge in [-0.25, -0.2) is 0 Å². The van der Waals surface area contributed by atoms with Gasteiger partial charge in [-0.05, 0) is 60.7 Å². The van der Waals surface area contributed by atoms with E-state index in [0.29, 0.717) is 18.7 Å². The highest BCUT2D eigenvalue weighted by molar-refractivity contribution is 5.94. The van der Waals surface area contributed by atoms with Gasteiger partial charge < -0.3 is 11.1 Å². The highest BCUT2D eigenvalue weighted by atomic mass is 35.5. The number of hydrogen-bond acceptors (Lipinski definition) is 3. The number of carbonyl (C=O) groups is 1. The number of nitrogens with one attached hydrogen (secondary N) is 1. The standard InChI is InChI=1S/C22H29N3O.ClH/c1-17-9-11-25(12-10-17)16-20-4-2-3-19(13-20)15-24-22(26)21-7-5-18(14-23)6-8-21;/h2-8,13,17H,9-12,14-16,23H2,1H3,(H,24,26);1H. The number of halogens is 1. The maximum Gasteiger partial charge on any atom is 0.251 e. The van der Waals surface area contributed by atoms with Crippen LogP contribution in [0, 0.1) is 5.92 Å². The van der Waals surface area contributed by atoms with Crippen molar-refractivity contribution in [3.63, 3.8) is 0 Å². The number of likely N-dealkylation sites (tertiary alicyclic amines) is 1. The fourth-order valence-corrected chi connectivity index (χ4v) is 3.39. The summed E-state index contributed by atoms with van der Waals surface area (Å²) in [6.45, 7) is 6.73. The molecule has 1 saturated heterocycles. The van der Waals surface area contributed by atoms with Gasteiger partial charge in [0.2, 0.25) is 0 Å². The predicted octanol–water partition coefficient (Wildman–Crippen LogP) is 3.73. The molecule has 0 spiro atoms. The molecule has 27 heavy (non-hydrogen) atoms. The Kier molecular flexibility index (Phi) is 8.29. The Balaban J connectivity index is 0.00000261. The molecule has 0 bridgehead atoms. The fourth-order valence-electron chi connectivity index (χ4n) is 3.39. The normalized spacial score (nSPS) is 15.2. The molecule has 3 rings (SSSR count). The van der Waals surface area contributed by atoms with Crippen molar-refractivity contribution >= 4 is 18.3 Å². The maximum absolute atomic E-state index is 12.3. The van der Waals surface area contributed by atoms with Crippen LogP contribution in [0.4, 0.5) is 0 Å². The molecule has 1 heterocycles. The number of piperidine rings is 1. The summed E-state index contributed by atoms with van der Waals surface area (Å²) in [5.74, 6) is 0.802. The van der Waals surface area contributed by atoms with Crippen molar-refractivity contribution in [2.45, 2.75) is 39.4 Å². The van der Waals surface area contributed by atoms with E-state index in [0.717, 1.165) is 23.6 Å². The lowest BCUT2D eigenvalue weighted by Gasteiger charge is -2.30. The van der Waals surface area contributed by atoms with Crippen molar-refractivity contribution in [2.75, 3.05) is 13.1 Å². The average Bonchev–Trinajstić information content (AvgIpc) is 2.68. The van der Waals surface area contributed by atoms with E-state index in [1.54, 1.807) is 0 Å². The lowest BCUT2D eigenvalue weighted by molar-refractivity contribution is 0.0951. The Morgan fingerprint density at radius 3 is 2.41 bits per heavy atom. The van der Waals surface area contributed by atoms with Crippen molar-refractivity contribution in [3.8, 4) is 0 Å².